The van der Waals surface area contributed by atoms with Gasteiger partial charge >= 0.3 is 6.09 Å². The van der Waals surface area contributed by atoms with Crippen LogP contribution in [-0.4, -0.2) is 50.2 Å². The maximum Gasteiger partial charge on any atom is 0.412 e. The van der Waals surface area contributed by atoms with Crippen molar-refractivity contribution in [2.75, 3.05) is 33.0 Å². The zero-order valence-corrected chi connectivity index (χ0v) is 20.2. The van der Waals surface area contributed by atoms with Crippen LogP contribution in [0.15, 0.2) is 53.5 Å². The molecule has 0 atom stereocenters. The fourth-order valence-electron chi connectivity index (χ4n) is 3.04. The number of carbonyl (C=O) groups excluding carboxylic acids is 1. The van der Waals surface area contributed by atoms with Crippen molar-refractivity contribution in [3.8, 4) is 0 Å². The minimum atomic E-state index is -0.516. The van der Waals surface area contributed by atoms with Crippen LogP contribution in [-0.2, 0) is 24.2 Å². The van der Waals surface area contributed by atoms with Crippen LogP contribution in [0.3, 0.4) is 0 Å². The molecule has 0 bridgehead atoms. The highest BCUT2D eigenvalue weighted by Gasteiger charge is 2.16. The van der Waals surface area contributed by atoms with Crippen LogP contribution >= 0.6 is 0 Å². The van der Waals surface area contributed by atoms with E-state index in [1.807, 2.05) is 45.0 Å². The third kappa shape index (κ3) is 9.83. The summed E-state index contributed by atoms with van der Waals surface area (Å²) in [4.78, 5) is 18.3. The van der Waals surface area contributed by atoms with E-state index >= 15 is 0 Å². The van der Waals surface area contributed by atoms with Crippen LogP contribution in [0, 0.1) is 0 Å². The molecule has 0 saturated carbocycles. The topological polar surface area (TPSA) is 78.0 Å². The highest BCUT2D eigenvalue weighted by atomic mass is 16.6. The minimum Gasteiger partial charge on any atom is -0.444 e. The summed E-state index contributed by atoms with van der Waals surface area (Å²) in [7, 11) is 5.91. The molecule has 0 radical (unpaired) electrons. The number of hydrogen-bond acceptors (Lipinski definition) is 4. The van der Waals surface area contributed by atoms with E-state index in [2.05, 4.69) is 64.2 Å². The fraction of sp³-hybridized carbons (Fsp3) is 0.440. The van der Waals surface area contributed by atoms with Crippen molar-refractivity contribution in [1.29, 1.82) is 0 Å². The lowest BCUT2D eigenvalue weighted by molar-refractivity contribution is 0.0636. The Labute approximate surface area is 192 Å². The second-order valence-corrected chi connectivity index (χ2v) is 8.98. The van der Waals surface area contributed by atoms with Gasteiger partial charge in [0.05, 0.1) is 0 Å². The predicted molar refractivity (Wildman–Crippen MR) is 132 cm³/mol. The lowest BCUT2D eigenvalue weighted by Crippen LogP contribution is -2.37. The first-order chi connectivity index (χ1) is 15.1. The molecule has 0 aliphatic carbocycles. The maximum atomic E-state index is 11.9. The average Bonchev–Trinajstić information content (AvgIpc) is 2.71. The molecular formula is C25H37N5O2. The van der Waals surface area contributed by atoms with Gasteiger partial charge in [-0.3, -0.25) is 10.3 Å². The van der Waals surface area contributed by atoms with Crippen molar-refractivity contribution in [3.05, 3.63) is 65.2 Å². The largest absolute Gasteiger partial charge is 0.444 e. The van der Waals surface area contributed by atoms with Crippen LogP contribution < -0.4 is 16.0 Å². The van der Waals surface area contributed by atoms with E-state index in [4.69, 9.17) is 4.74 Å². The van der Waals surface area contributed by atoms with Gasteiger partial charge in [0, 0.05) is 32.4 Å². The zero-order chi connectivity index (χ0) is 23.6. The van der Waals surface area contributed by atoms with E-state index in [0.717, 1.165) is 25.5 Å². The van der Waals surface area contributed by atoms with Gasteiger partial charge in [0.15, 0.2) is 5.96 Å². The Morgan fingerprint density at radius 2 is 1.53 bits per heavy atom. The molecule has 0 spiro atoms. The maximum absolute atomic E-state index is 11.9. The summed E-state index contributed by atoms with van der Waals surface area (Å²) in [6, 6.07) is 16.4. The number of rotatable bonds is 8. The number of carbonyl (C=O) groups is 1. The summed E-state index contributed by atoms with van der Waals surface area (Å²) in [6.07, 6.45) is 0.390. The first-order valence-corrected chi connectivity index (χ1v) is 10.9. The number of amides is 1. The molecular weight excluding hydrogens is 402 g/mol. The molecule has 174 valence electrons. The van der Waals surface area contributed by atoms with E-state index in [1.165, 1.54) is 16.7 Å². The molecule has 0 heterocycles. The molecule has 0 aliphatic heterocycles. The van der Waals surface area contributed by atoms with E-state index in [1.54, 1.807) is 7.05 Å². The number of aliphatic imine (C=N–C) groups is 1. The number of benzene rings is 2. The smallest absolute Gasteiger partial charge is 0.412 e. The van der Waals surface area contributed by atoms with Crippen LogP contribution in [0.4, 0.5) is 10.5 Å². The van der Waals surface area contributed by atoms with Gasteiger partial charge in [0.1, 0.15) is 5.60 Å². The highest BCUT2D eigenvalue weighted by Crippen LogP contribution is 2.13. The molecule has 0 aliphatic rings. The molecule has 2 aromatic carbocycles. The molecule has 0 unspecified atom stereocenters. The Bertz CT molecular complexity index is 869. The zero-order valence-electron chi connectivity index (χ0n) is 20.2. The van der Waals surface area contributed by atoms with Crippen molar-refractivity contribution in [3.63, 3.8) is 0 Å². The Morgan fingerprint density at radius 3 is 2.09 bits per heavy atom. The lowest BCUT2D eigenvalue weighted by Gasteiger charge is -2.19. The molecule has 2 rings (SSSR count). The quantitative estimate of drug-likeness (QED) is 0.428. The van der Waals surface area contributed by atoms with E-state index in [0.29, 0.717) is 12.2 Å². The van der Waals surface area contributed by atoms with E-state index in [9.17, 15) is 4.79 Å². The summed E-state index contributed by atoms with van der Waals surface area (Å²) in [5, 5.41) is 9.43. The molecule has 0 fully saturated rings. The first-order valence-electron chi connectivity index (χ1n) is 10.9. The Morgan fingerprint density at radius 1 is 0.938 bits per heavy atom. The number of anilines is 1. The summed E-state index contributed by atoms with van der Waals surface area (Å²) in [5.41, 5.74) is 3.87. The van der Waals surface area contributed by atoms with Gasteiger partial charge in [0.25, 0.3) is 0 Å². The Balaban J connectivity index is 1.74. The number of guanidine groups is 1. The number of hydrogen-bond donors (Lipinski definition) is 3. The summed E-state index contributed by atoms with van der Waals surface area (Å²) >= 11 is 0. The highest BCUT2D eigenvalue weighted by molar-refractivity contribution is 5.84. The monoisotopic (exact) mass is 439 g/mol. The molecule has 7 heteroatoms. The van der Waals surface area contributed by atoms with Gasteiger partial charge in [-0.1, -0.05) is 36.4 Å². The lowest BCUT2D eigenvalue weighted by atomic mass is 10.1. The fourth-order valence-corrected chi connectivity index (χ4v) is 3.04. The third-order valence-corrected chi connectivity index (χ3v) is 4.51. The van der Waals surface area contributed by atoms with Crippen LogP contribution in [0.2, 0.25) is 0 Å². The molecule has 3 N–H and O–H groups in total. The summed E-state index contributed by atoms with van der Waals surface area (Å²) in [5.74, 6) is 0.769. The SMILES string of the molecule is CN=C(NCCc1ccc(NC(=O)OC(C)(C)C)cc1)NCc1ccc(CN(C)C)cc1. The third-order valence-electron chi connectivity index (χ3n) is 4.51. The Hall–Kier alpha value is -3.06. The second-order valence-electron chi connectivity index (χ2n) is 8.98. The molecule has 0 saturated heterocycles. The van der Waals surface area contributed by atoms with Crippen molar-refractivity contribution < 1.29 is 9.53 Å². The normalized spacial score (nSPS) is 11.9. The van der Waals surface area contributed by atoms with Gasteiger partial charge in [-0.15, -0.1) is 0 Å². The standard InChI is InChI=1S/C25H37N5O2/c1-25(2,3)32-24(31)29-22-13-11-19(12-14-22)15-16-27-23(26-4)28-17-20-7-9-21(10-8-20)18-30(5)6/h7-14H,15-18H2,1-6H3,(H,29,31)(H2,26,27,28). The molecule has 2 aromatic rings. The Kier molecular flexibility index (Phi) is 9.53. The van der Waals surface area contributed by atoms with Crippen LogP contribution in [0.5, 0.6) is 0 Å². The van der Waals surface area contributed by atoms with E-state index in [-0.39, 0.29) is 0 Å². The first kappa shape index (κ1) is 25.2. The van der Waals surface area contributed by atoms with Gasteiger partial charge in [0.2, 0.25) is 0 Å². The van der Waals surface area contributed by atoms with Gasteiger partial charge < -0.3 is 20.3 Å². The van der Waals surface area contributed by atoms with Crippen molar-refractivity contribution >= 4 is 17.7 Å². The van der Waals surface area contributed by atoms with E-state index < -0.39 is 11.7 Å². The van der Waals surface area contributed by atoms with Crippen molar-refractivity contribution in [1.82, 2.24) is 15.5 Å². The van der Waals surface area contributed by atoms with Gasteiger partial charge in [-0.25, -0.2) is 4.79 Å². The molecule has 1 amide bonds. The van der Waals surface area contributed by atoms with Gasteiger partial charge in [-0.05, 0) is 70.1 Å². The molecule has 7 nitrogen and oxygen atoms in total. The molecule has 32 heavy (non-hydrogen) atoms. The number of nitrogens with one attached hydrogen (secondary N) is 3. The van der Waals surface area contributed by atoms with Crippen LogP contribution in [0.1, 0.15) is 37.5 Å². The average molecular weight is 440 g/mol. The number of nitrogens with zero attached hydrogens (tertiary/aromatic N) is 2. The predicted octanol–water partition coefficient (Wildman–Crippen LogP) is 4.00. The summed E-state index contributed by atoms with van der Waals surface area (Å²) in [6.45, 7) is 7.93. The second kappa shape index (κ2) is 12.1. The van der Waals surface area contributed by atoms with Crippen molar-refractivity contribution in [2.24, 2.45) is 4.99 Å². The van der Waals surface area contributed by atoms with Crippen molar-refractivity contribution in [2.45, 2.75) is 45.9 Å². The summed E-state index contributed by atoms with van der Waals surface area (Å²) < 4.78 is 5.27. The minimum absolute atomic E-state index is 0.450. The number of ether oxygens (including phenoxy) is 1. The van der Waals surface area contributed by atoms with Crippen LogP contribution in [0.25, 0.3) is 0 Å². The van der Waals surface area contributed by atoms with Gasteiger partial charge in [-0.2, -0.15) is 0 Å². The molecule has 0 aromatic heterocycles.